The van der Waals surface area contributed by atoms with Crippen LogP contribution in [0.15, 0.2) is 42.5 Å². The molecule has 110 valence electrons. The monoisotopic (exact) mass is 316 g/mol. The number of benzene rings is 1. The second-order valence-electron chi connectivity index (χ2n) is 5.46. The van der Waals surface area contributed by atoms with Gasteiger partial charge in [-0.1, -0.05) is 42.5 Å². The van der Waals surface area contributed by atoms with Crippen LogP contribution in [-0.2, 0) is 6.54 Å². The third-order valence-electron chi connectivity index (χ3n) is 3.86. The van der Waals surface area contributed by atoms with Gasteiger partial charge in [-0.15, -0.1) is 11.3 Å². The third-order valence-corrected chi connectivity index (χ3v) is 5.47. The number of thiocarbonyl (C=S) groups is 1. The van der Waals surface area contributed by atoms with Gasteiger partial charge in [0.25, 0.3) is 0 Å². The van der Waals surface area contributed by atoms with Gasteiger partial charge in [0.15, 0.2) is 0 Å². The fourth-order valence-corrected chi connectivity index (χ4v) is 3.87. The number of hydrogen-bond acceptors (Lipinski definition) is 3. The Bertz CT molecular complexity index is 598. The van der Waals surface area contributed by atoms with Crippen molar-refractivity contribution in [3.63, 3.8) is 0 Å². The highest BCUT2D eigenvalue weighted by Crippen LogP contribution is 2.19. The maximum atomic E-state index is 5.64. The highest BCUT2D eigenvalue weighted by atomic mass is 32.1. The molecule has 1 aliphatic rings. The molecule has 0 saturated carbocycles. The number of thiophene rings is 1. The molecule has 2 aromatic rings. The van der Waals surface area contributed by atoms with Crippen LogP contribution < -0.4 is 0 Å². The summed E-state index contributed by atoms with van der Waals surface area (Å²) in [6.45, 7) is 7.40. The summed E-state index contributed by atoms with van der Waals surface area (Å²) in [7, 11) is 0. The minimum atomic E-state index is 1.02. The van der Waals surface area contributed by atoms with Crippen molar-refractivity contribution < 1.29 is 0 Å². The SMILES string of the molecule is Cc1ccc(C(=S)N2CCN(Cc3ccccc3)CC2)s1. The first kappa shape index (κ1) is 14.7. The second kappa shape index (κ2) is 6.69. The van der Waals surface area contributed by atoms with Crippen molar-refractivity contribution in [3.05, 3.63) is 57.8 Å². The Labute approximate surface area is 136 Å². The van der Waals surface area contributed by atoms with E-state index in [0.717, 1.165) is 37.7 Å². The molecule has 0 amide bonds. The van der Waals surface area contributed by atoms with Gasteiger partial charge in [-0.2, -0.15) is 0 Å². The van der Waals surface area contributed by atoms with Gasteiger partial charge in [0, 0.05) is 37.6 Å². The number of rotatable bonds is 3. The van der Waals surface area contributed by atoms with Crippen molar-refractivity contribution >= 4 is 28.5 Å². The number of hydrogen-bond donors (Lipinski definition) is 0. The normalized spacial score (nSPS) is 16.1. The molecule has 2 heterocycles. The quantitative estimate of drug-likeness (QED) is 0.800. The summed E-state index contributed by atoms with van der Waals surface area (Å²) in [4.78, 5) is 8.44. The molecule has 0 aliphatic carbocycles. The molecule has 21 heavy (non-hydrogen) atoms. The maximum absolute atomic E-state index is 5.64. The van der Waals surface area contributed by atoms with Crippen molar-refractivity contribution in [2.24, 2.45) is 0 Å². The molecule has 0 bridgehead atoms. The van der Waals surface area contributed by atoms with Gasteiger partial charge in [0.2, 0.25) is 0 Å². The Kier molecular flexibility index (Phi) is 4.68. The molecule has 1 aromatic carbocycles. The molecule has 2 nitrogen and oxygen atoms in total. The largest absolute Gasteiger partial charge is 0.359 e. The van der Waals surface area contributed by atoms with Gasteiger partial charge in [0.05, 0.1) is 4.88 Å². The van der Waals surface area contributed by atoms with Gasteiger partial charge in [-0.25, -0.2) is 0 Å². The predicted octanol–water partition coefficient (Wildman–Crippen LogP) is 3.55. The van der Waals surface area contributed by atoms with Crippen molar-refractivity contribution in [1.29, 1.82) is 0 Å². The van der Waals surface area contributed by atoms with Crippen LogP contribution in [0.25, 0.3) is 0 Å². The topological polar surface area (TPSA) is 6.48 Å². The molecule has 1 saturated heterocycles. The number of piperazine rings is 1. The lowest BCUT2D eigenvalue weighted by atomic mass is 10.2. The molecule has 0 spiro atoms. The fourth-order valence-electron chi connectivity index (χ4n) is 2.66. The minimum Gasteiger partial charge on any atom is -0.359 e. The molecule has 0 N–H and O–H groups in total. The van der Waals surface area contributed by atoms with Crippen molar-refractivity contribution in [2.45, 2.75) is 13.5 Å². The summed E-state index contributed by atoms with van der Waals surface area (Å²) in [6, 6.07) is 15.0. The van der Waals surface area contributed by atoms with E-state index in [4.69, 9.17) is 12.2 Å². The Hall–Kier alpha value is -1.23. The van der Waals surface area contributed by atoms with Crippen LogP contribution in [0.5, 0.6) is 0 Å². The Morgan fingerprint density at radius 3 is 2.38 bits per heavy atom. The van der Waals surface area contributed by atoms with E-state index in [1.807, 2.05) is 0 Å². The Balaban J connectivity index is 1.54. The zero-order valence-electron chi connectivity index (χ0n) is 12.3. The maximum Gasteiger partial charge on any atom is 0.119 e. The number of aryl methyl sites for hydroxylation is 1. The van der Waals surface area contributed by atoms with Crippen LogP contribution in [0.2, 0.25) is 0 Å². The summed E-state index contributed by atoms with van der Waals surface area (Å²) in [6.07, 6.45) is 0. The van der Waals surface area contributed by atoms with Crippen molar-refractivity contribution in [3.8, 4) is 0 Å². The van der Waals surface area contributed by atoms with Crippen LogP contribution in [-0.4, -0.2) is 41.0 Å². The van der Waals surface area contributed by atoms with E-state index < -0.39 is 0 Å². The highest BCUT2D eigenvalue weighted by Gasteiger charge is 2.20. The lowest BCUT2D eigenvalue weighted by Crippen LogP contribution is -2.47. The molecule has 1 aliphatic heterocycles. The zero-order chi connectivity index (χ0) is 14.7. The molecule has 3 rings (SSSR count). The first-order valence-corrected chi connectivity index (χ1v) is 8.57. The van der Waals surface area contributed by atoms with E-state index in [1.54, 1.807) is 11.3 Å². The summed E-state index contributed by atoms with van der Waals surface area (Å²) < 4.78 is 0. The van der Waals surface area contributed by atoms with E-state index in [-0.39, 0.29) is 0 Å². The number of nitrogens with zero attached hydrogens (tertiary/aromatic N) is 2. The van der Waals surface area contributed by atoms with Crippen LogP contribution in [0.4, 0.5) is 0 Å². The average molecular weight is 316 g/mol. The Morgan fingerprint density at radius 1 is 1.05 bits per heavy atom. The van der Waals surface area contributed by atoms with Gasteiger partial charge < -0.3 is 4.90 Å². The molecule has 1 aromatic heterocycles. The Morgan fingerprint density at radius 2 is 1.76 bits per heavy atom. The summed E-state index contributed by atoms with van der Waals surface area (Å²) >= 11 is 7.44. The summed E-state index contributed by atoms with van der Waals surface area (Å²) in [5, 5.41) is 0. The van der Waals surface area contributed by atoms with E-state index in [1.165, 1.54) is 15.3 Å². The minimum absolute atomic E-state index is 1.02. The van der Waals surface area contributed by atoms with Gasteiger partial charge in [-0.3, -0.25) is 4.90 Å². The van der Waals surface area contributed by atoms with Gasteiger partial charge >= 0.3 is 0 Å². The average Bonchev–Trinajstić information content (AvgIpc) is 2.95. The van der Waals surface area contributed by atoms with Crippen molar-refractivity contribution in [1.82, 2.24) is 9.80 Å². The van der Waals surface area contributed by atoms with E-state index in [9.17, 15) is 0 Å². The lowest BCUT2D eigenvalue weighted by molar-refractivity contribution is 0.177. The zero-order valence-corrected chi connectivity index (χ0v) is 13.9. The van der Waals surface area contributed by atoms with Crippen LogP contribution in [0, 0.1) is 6.92 Å². The lowest BCUT2D eigenvalue weighted by Gasteiger charge is -2.36. The van der Waals surface area contributed by atoms with E-state index >= 15 is 0 Å². The molecule has 4 heteroatoms. The second-order valence-corrected chi connectivity index (χ2v) is 7.14. The molecular weight excluding hydrogens is 296 g/mol. The molecule has 0 radical (unpaired) electrons. The third kappa shape index (κ3) is 3.70. The molecular formula is C17H20N2S2. The predicted molar refractivity (Wildman–Crippen MR) is 94.0 cm³/mol. The van der Waals surface area contributed by atoms with Crippen LogP contribution in [0.1, 0.15) is 15.3 Å². The standard InChI is InChI=1S/C17H20N2S2/c1-14-7-8-16(21-14)17(20)19-11-9-18(10-12-19)13-15-5-3-2-4-6-15/h2-8H,9-13H2,1H3. The summed E-state index contributed by atoms with van der Waals surface area (Å²) in [5.74, 6) is 0. The van der Waals surface area contributed by atoms with E-state index in [2.05, 4.69) is 59.2 Å². The van der Waals surface area contributed by atoms with Crippen molar-refractivity contribution in [2.75, 3.05) is 26.2 Å². The van der Waals surface area contributed by atoms with Crippen LogP contribution in [0.3, 0.4) is 0 Å². The fraction of sp³-hybridized carbons (Fsp3) is 0.353. The van der Waals surface area contributed by atoms with Gasteiger partial charge in [0.1, 0.15) is 4.99 Å². The molecule has 1 fully saturated rings. The summed E-state index contributed by atoms with van der Waals surface area (Å²) in [5.41, 5.74) is 1.39. The first-order chi connectivity index (χ1) is 10.2. The van der Waals surface area contributed by atoms with Crippen LogP contribution >= 0.6 is 23.6 Å². The smallest absolute Gasteiger partial charge is 0.119 e. The highest BCUT2D eigenvalue weighted by molar-refractivity contribution is 7.81. The van der Waals surface area contributed by atoms with E-state index in [0.29, 0.717) is 0 Å². The molecule has 0 unspecified atom stereocenters. The van der Waals surface area contributed by atoms with Gasteiger partial charge in [-0.05, 0) is 24.6 Å². The molecule has 0 atom stereocenters. The first-order valence-electron chi connectivity index (χ1n) is 7.34.